The highest BCUT2D eigenvalue weighted by molar-refractivity contribution is 14.1. The van der Waals surface area contributed by atoms with Crippen LogP contribution in [0.2, 0.25) is 0 Å². The van der Waals surface area contributed by atoms with Gasteiger partial charge < -0.3 is 4.57 Å². The minimum absolute atomic E-state index is 0.888. The largest absolute Gasteiger partial charge is 0.309 e. The monoisotopic (exact) mass is 392 g/mol. The Bertz CT molecular complexity index is 674. The molecule has 0 saturated heterocycles. The molecule has 2 aromatic rings. The molecule has 1 aliphatic carbocycles. The third-order valence-electron chi connectivity index (χ3n) is 3.43. The van der Waals surface area contributed by atoms with Crippen LogP contribution in [0, 0.1) is 0 Å². The van der Waals surface area contributed by atoms with Gasteiger partial charge in [0.2, 0.25) is 0 Å². The highest BCUT2D eigenvalue weighted by Gasteiger charge is 2.33. The Morgan fingerprint density at radius 1 is 0.850 bits per heavy atom. The highest BCUT2D eigenvalue weighted by atomic mass is 127. The fraction of sp³-hybridized carbons (Fsp3) is 0.0588. The Morgan fingerprint density at radius 3 is 1.75 bits per heavy atom. The van der Waals surface area contributed by atoms with Crippen LogP contribution in [0.3, 0.4) is 0 Å². The fourth-order valence-corrected chi connectivity index (χ4v) is 6.69. The minimum Gasteiger partial charge on any atom is -0.309 e. The number of halogens is 1. The summed E-state index contributed by atoms with van der Waals surface area (Å²) in [4.78, 5) is 0. The van der Waals surface area contributed by atoms with Crippen LogP contribution in [0.25, 0.3) is 0 Å². The number of benzene rings is 2. The third kappa shape index (κ3) is 2.32. The maximum Gasteiger partial charge on any atom is 0.171 e. The summed E-state index contributed by atoms with van der Waals surface area (Å²) in [6.07, 6.45) is 5.01. The first-order valence-electron chi connectivity index (χ1n) is 6.50. The van der Waals surface area contributed by atoms with Crippen molar-refractivity contribution in [3.8, 4) is 0 Å². The summed E-state index contributed by atoms with van der Waals surface area (Å²) in [5, 5.41) is 2.79. The van der Waals surface area contributed by atoms with E-state index in [1.54, 1.807) is 0 Å². The van der Waals surface area contributed by atoms with Crippen LogP contribution >= 0.6 is 29.7 Å². The number of hydrogen-bond donors (Lipinski definition) is 0. The lowest BCUT2D eigenvalue weighted by Gasteiger charge is -2.20. The van der Waals surface area contributed by atoms with Gasteiger partial charge in [-0.25, -0.2) is 0 Å². The summed E-state index contributed by atoms with van der Waals surface area (Å²) in [5.74, 6) is 0. The van der Waals surface area contributed by atoms with Gasteiger partial charge in [0.25, 0.3) is 0 Å². The molecule has 0 amide bonds. The molecule has 0 saturated carbocycles. The molecule has 0 fully saturated rings. The van der Waals surface area contributed by atoms with Crippen LogP contribution < -0.4 is 10.6 Å². The van der Waals surface area contributed by atoms with E-state index >= 15 is 0 Å². The average molecular weight is 392 g/mol. The van der Waals surface area contributed by atoms with Gasteiger partial charge in [-0.2, -0.15) is 0 Å². The third-order valence-corrected chi connectivity index (χ3v) is 8.03. The zero-order chi connectivity index (χ0) is 14.0. The SMILES string of the molecule is O=P(C1=C(I)CC=C1)(c1ccccc1)c1ccccc1. The van der Waals surface area contributed by atoms with Crippen molar-refractivity contribution in [3.05, 3.63) is 81.7 Å². The summed E-state index contributed by atoms with van der Waals surface area (Å²) in [7, 11) is -2.74. The fourth-order valence-electron chi connectivity index (χ4n) is 2.45. The Labute approximate surface area is 132 Å². The van der Waals surface area contributed by atoms with Crippen molar-refractivity contribution in [1.82, 2.24) is 0 Å². The molecule has 3 heteroatoms. The maximum atomic E-state index is 13.9. The highest BCUT2D eigenvalue weighted by Crippen LogP contribution is 2.56. The molecule has 0 bridgehead atoms. The van der Waals surface area contributed by atoms with E-state index in [-0.39, 0.29) is 0 Å². The summed E-state index contributed by atoms with van der Waals surface area (Å²) in [6, 6.07) is 19.6. The summed E-state index contributed by atoms with van der Waals surface area (Å²) >= 11 is 2.32. The number of allylic oxidation sites excluding steroid dienone is 4. The van der Waals surface area contributed by atoms with Gasteiger partial charge >= 0.3 is 0 Å². The first-order valence-corrected chi connectivity index (χ1v) is 9.28. The van der Waals surface area contributed by atoms with Gasteiger partial charge in [0.05, 0.1) is 0 Å². The lowest BCUT2D eigenvalue weighted by molar-refractivity contribution is 0.591. The molecule has 20 heavy (non-hydrogen) atoms. The molecule has 0 aliphatic heterocycles. The molecule has 0 spiro atoms. The Hall–Kier alpha value is -1.12. The molecule has 100 valence electrons. The van der Waals surface area contributed by atoms with Crippen molar-refractivity contribution in [1.29, 1.82) is 0 Å². The topological polar surface area (TPSA) is 17.1 Å². The van der Waals surface area contributed by atoms with E-state index in [2.05, 4.69) is 28.7 Å². The van der Waals surface area contributed by atoms with Crippen LogP contribution in [0.15, 0.2) is 81.7 Å². The zero-order valence-corrected chi connectivity index (χ0v) is 13.9. The second-order valence-corrected chi connectivity index (χ2v) is 8.71. The first-order chi connectivity index (χ1) is 9.73. The van der Waals surface area contributed by atoms with E-state index in [4.69, 9.17) is 0 Å². The molecule has 1 aliphatic rings. The molecule has 0 unspecified atom stereocenters. The first kappa shape index (κ1) is 13.8. The number of hydrogen-bond acceptors (Lipinski definition) is 1. The van der Waals surface area contributed by atoms with Crippen molar-refractivity contribution < 1.29 is 4.57 Å². The van der Waals surface area contributed by atoms with Gasteiger partial charge in [0, 0.05) is 19.5 Å². The predicted molar refractivity (Wildman–Crippen MR) is 94.6 cm³/mol. The maximum absolute atomic E-state index is 13.9. The van der Waals surface area contributed by atoms with Crippen LogP contribution in [0.4, 0.5) is 0 Å². The van der Waals surface area contributed by atoms with Crippen molar-refractivity contribution in [2.24, 2.45) is 0 Å². The Morgan fingerprint density at radius 2 is 1.35 bits per heavy atom. The van der Waals surface area contributed by atoms with Crippen LogP contribution in [-0.2, 0) is 4.57 Å². The van der Waals surface area contributed by atoms with E-state index in [9.17, 15) is 4.57 Å². The summed E-state index contributed by atoms with van der Waals surface area (Å²) < 4.78 is 15.1. The van der Waals surface area contributed by atoms with E-state index in [1.807, 2.05) is 66.7 Å². The van der Waals surface area contributed by atoms with Gasteiger partial charge in [0.15, 0.2) is 7.14 Å². The molecule has 1 nitrogen and oxygen atoms in total. The zero-order valence-electron chi connectivity index (χ0n) is 10.9. The Balaban J connectivity index is 2.27. The minimum atomic E-state index is -2.74. The lowest BCUT2D eigenvalue weighted by atomic mass is 10.4. The van der Waals surface area contributed by atoms with Gasteiger partial charge in [-0.3, -0.25) is 0 Å². The standard InChI is InChI=1S/C17H14IOP/c18-16-12-7-13-17(16)20(19,14-8-3-1-4-9-14)15-10-5-2-6-11-15/h1-11,13H,12H2. The molecule has 0 radical (unpaired) electrons. The molecule has 2 aromatic carbocycles. The quantitative estimate of drug-likeness (QED) is 0.551. The van der Waals surface area contributed by atoms with Crippen LogP contribution in [0.5, 0.6) is 0 Å². The van der Waals surface area contributed by atoms with Gasteiger partial charge in [-0.1, -0.05) is 72.8 Å². The van der Waals surface area contributed by atoms with E-state index in [0.717, 1.165) is 22.3 Å². The summed E-state index contributed by atoms with van der Waals surface area (Å²) in [6.45, 7) is 0. The van der Waals surface area contributed by atoms with Crippen molar-refractivity contribution >= 4 is 40.3 Å². The van der Waals surface area contributed by atoms with Crippen molar-refractivity contribution in [3.63, 3.8) is 0 Å². The predicted octanol–water partition coefficient (Wildman–Crippen LogP) is 4.61. The smallest absolute Gasteiger partial charge is 0.171 e. The second-order valence-electron chi connectivity index (χ2n) is 4.68. The van der Waals surface area contributed by atoms with Crippen molar-refractivity contribution in [2.45, 2.75) is 6.42 Å². The van der Waals surface area contributed by atoms with E-state index in [0.29, 0.717) is 0 Å². The molecule has 3 rings (SSSR count). The van der Waals surface area contributed by atoms with Crippen LogP contribution in [-0.4, -0.2) is 0 Å². The Kier molecular flexibility index (Phi) is 3.95. The van der Waals surface area contributed by atoms with Gasteiger partial charge in [-0.05, 0) is 29.0 Å². The van der Waals surface area contributed by atoms with Gasteiger partial charge in [-0.15, -0.1) is 0 Å². The second kappa shape index (κ2) is 5.71. The molecular weight excluding hydrogens is 378 g/mol. The van der Waals surface area contributed by atoms with E-state index < -0.39 is 7.14 Å². The van der Waals surface area contributed by atoms with Gasteiger partial charge in [0.1, 0.15) is 0 Å². The normalized spacial score (nSPS) is 14.8. The number of rotatable bonds is 3. The van der Waals surface area contributed by atoms with Crippen LogP contribution in [0.1, 0.15) is 6.42 Å². The lowest BCUT2D eigenvalue weighted by Crippen LogP contribution is -2.16. The summed E-state index contributed by atoms with van der Waals surface area (Å²) in [5.41, 5.74) is 0. The molecule has 0 N–H and O–H groups in total. The van der Waals surface area contributed by atoms with Crippen molar-refractivity contribution in [2.75, 3.05) is 0 Å². The molecule has 0 heterocycles. The average Bonchev–Trinajstić information content (AvgIpc) is 2.95. The molecular formula is C17H14IOP. The molecule has 0 atom stereocenters. The van der Waals surface area contributed by atoms with E-state index in [1.165, 1.54) is 3.58 Å². The molecule has 0 aromatic heterocycles.